The molecule has 0 unspecified atom stereocenters. The van der Waals surface area contributed by atoms with Crippen molar-refractivity contribution in [1.82, 2.24) is 10.3 Å². The summed E-state index contributed by atoms with van der Waals surface area (Å²) in [6, 6.07) is 6.02. The Labute approximate surface area is 113 Å². The average molecular weight is 260 g/mol. The zero-order chi connectivity index (χ0) is 13.7. The fourth-order valence-electron chi connectivity index (χ4n) is 1.94. The molecule has 1 N–H and O–H groups in total. The Hall–Kier alpha value is -1.81. The largest absolute Gasteiger partial charge is 0.496 e. The second-order valence-corrected chi connectivity index (χ2v) is 4.43. The van der Waals surface area contributed by atoms with Gasteiger partial charge < -0.3 is 14.5 Å². The lowest BCUT2D eigenvalue weighted by Crippen LogP contribution is -2.16. The van der Waals surface area contributed by atoms with Gasteiger partial charge in [-0.2, -0.15) is 0 Å². The predicted molar refractivity (Wildman–Crippen MR) is 75.5 cm³/mol. The van der Waals surface area contributed by atoms with Crippen LogP contribution in [0.4, 0.5) is 0 Å². The summed E-state index contributed by atoms with van der Waals surface area (Å²) in [5, 5.41) is 3.25. The number of nitrogens with one attached hydrogen (secondary N) is 1. The normalized spacial score (nSPS) is 10.7. The first-order valence-corrected chi connectivity index (χ1v) is 6.55. The van der Waals surface area contributed by atoms with Gasteiger partial charge in [-0.1, -0.05) is 18.6 Å². The molecule has 0 amide bonds. The number of hydrogen-bond acceptors (Lipinski definition) is 4. The maximum absolute atomic E-state index is 5.78. The first kappa shape index (κ1) is 13.6. The van der Waals surface area contributed by atoms with E-state index in [0.717, 1.165) is 42.5 Å². The number of benzene rings is 1. The van der Waals surface area contributed by atoms with Gasteiger partial charge in [0.2, 0.25) is 0 Å². The van der Waals surface area contributed by atoms with Gasteiger partial charge in [-0.05, 0) is 25.6 Å². The van der Waals surface area contributed by atoms with E-state index in [-0.39, 0.29) is 0 Å². The minimum Gasteiger partial charge on any atom is -0.496 e. The van der Waals surface area contributed by atoms with Gasteiger partial charge in [0.25, 0.3) is 0 Å². The van der Waals surface area contributed by atoms with E-state index in [2.05, 4.69) is 17.2 Å². The topological polar surface area (TPSA) is 47.3 Å². The molecule has 0 spiro atoms. The lowest BCUT2D eigenvalue weighted by Gasteiger charge is -2.06. The van der Waals surface area contributed by atoms with Crippen LogP contribution in [-0.4, -0.2) is 25.2 Å². The van der Waals surface area contributed by atoms with Gasteiger partial charge in [0.05, 0.1) is 18.9 Å². The van der Waals surface area contributed by atoms with Crippen molar-refractivity contribution in [3.8, 4) is 17.1 Å². The second kappa shape index (κ2) is 6.38. The molecule has 0 aliphatic heterocycles. The highest BCUT2D eigenvalue weighted by atomic mass is 16.5. The van der Waals surface area contributed by atoms with Crippen molar-refractivity contribution < 1.29 is 9.15 Å². The molecule has 19 heavy (non-hydrogen) atoms. The lowest BCUT2D eigenvalue weighted by molar-refractivity contribution is 0.413. The van der Waals surface area contributed by atoms with Gasteiger partial charge in [-0.3, -0.25) is 0 Å². The van der Waals surface area contributed by atoms with E-state index >= 15 is 0 Å². The van der Waals surface area contributed by atoms with E-state index < -0.39 is 0 Å². The van der Waals surface area contributed by atoms with Crippen LogP contribution in [0.15, 0.2) is 28.8 Å². The minimum atomic E-state index is 0.750. The van der Waals surface area contributed by atoms with Gasteiger partial charge in [0.15, 0.2) is 11.7 Å². The van der Waals surface area contributed by atoms with Crippen LogP contribution in [0.5, 0.6) is 5.75 Å². The molecular weight excluding hydrogens is 240 g/mol. The molecule has 102 valence electrons. The third-order valence-corrected chi connectivity index (χ3v) is 2.94. The molecule has 4 heteroatoms. The molecule has 0 aliphatic carbocycles. The van der Waals surface area contributed by atoms with Gasteiger partial charge >= 0.3 is 0 Å². The molecule has 1 aromatic carbocycles. The van der Waals surface area contributed by atoms with E-state index in [1.54, 1.807) is 13.3 Å². The van der Waals surface area contributed by atoms with Crippen molar-refractivity contribution in [3.63, 3.8) is 0 Å². The second-order valence-electron chi connectivity index (χ2n) is 4.43. The van der Waals surface area contributed by atoms with Gasteiger partial charge in [-0.25, -0.2) is 4.98 Å². The molecule has 1 aromatic heterocycles. The van der Waals surface area contributed by atoms with Crippen LogP contribution < -0.4 is 10.1 Å². The number of ether oxygens (including phenoxy) is 1. The van der Waals surface area contributed by atoms with E-state index in [1.165, 1.54) is 5.56 Å². The molecule has 4 nitrogen and oxygen atoms in total. The molecule has 0 aliphatic rings. The fourth-order valence-corrected chi connectivity index (χ4v) is 1.94. The maximum Gasteiger partial charge on any atom is 0.196 e. The van der Waals surface area contributed by atoms with E-state index in [4.69, 9.17) is 9.15 Å². The zero-order valence-electron chi connectivity index (χ0n) is 11.7. The highest BCUT2D eigenvalue weighted by Crippen LogP contribution is 2.31. The number of nitrogens with zero attached hydrogens (tertiary/aromatic N) is 1. The first-order chi connectivity index (χ1) is 9.24. The third-order valence-electron chi connectivity index (χ3n) is 2.94. The summed E-state index contributed by atoms with van der Waals surface area (Å²) >= 11 is 0. The van der Waals surface area contributed by atoms with E-state index in [0.29, 0.717) is 0 Å². The predicted octanol–water partition coefficient (Wildman–Crippen LogP) is 2.81. The summed E-state index contributed by atoms with van der Waals surface area (Å²) in [6.07, 6.45) is 2.56. The van der Waals surface area contributed by atoms with Gasteiger partial charge in [0, 0.05) is 13.0 Å². The molecule has 2 rings (SSSR count). The van der Waals surface area contributed by atoms with E-state index in [1.807, 2.05) is 25.1 Å². The number of aryl methyl sites for hydroxylation is 1. The van der Waals surface area contributed by atoms with E-state index in [9.17, 15) is 0 Å². The molecule has 0 bridgehead atoms. The molecule has 0 saturated heterocycles. The SMILES string of the molecule is CCNCCc1ncc(-c2cc(C)ccc2OC)o1. The van der Waals surface area contributed by atoms with Crippen molar-refractivity contribution >= 4 is 0 Å². The Balaban J connectivity index is 2.20. The molecular formula is C15H20N2O2. The summed E-state index contributed by atoms with van der Waals surface area (Å²) < 4.78 is 11.1. The Kier molecular flexibility index (Phi) is 4.58. The van der Waals surface area contributed by atoms with Crippen molar-refractivity contribution in [2.24, 2.45) is 0 Å². The summed E-state index contributed by atoms with van der Waals surface area (Å²) in [4.78, 5) is 4.31. The number of hydrogen-bond donors (Lipinski definition) is 1. The Bertz CT molecular complexity index is 535. The highest BCUT2D eigenvalue weighted by Gasteiger charge is 2.11. The monoisotopic (exact) mass is 260 g/mol. The summed E-state index contributed by atoms with van der Waals surface area (Å²) in [5.74, 6) is 2.31. The number of likely N-dealkylation sites (N-methyl/N-ethyl adjacent to an activating group) is 1. The standard InChI is InChI=1S/C15H20N2O2/c1-4-16-8-7-15-17-10-14(19-15)12-9-11(2)5-6-13(12)18-3/h5-6,9-10,16H,4,7-8H2,1-3H3. The van der Waals surface area contributed by atoms with Crippen LogP contribution in [0.25, 0.3) is 11.3 Å². The quantitative estimate of drug-likeness (QED) is 0.811. The Morgan fingerprint density at radius 1 is 1.37 bits per heavy atom. The minimum absolute atomic E-state index is 0.750. The van der Waals surface area contributed by atoms with Crippen molar-refractivity contribution in [1.29, 1.82) is 0 Å². The maximum atomic E-state index is 5.78. The van der Waals surface area contributed by atoms with Crippen LogP contribution in [0.2, 0.25) is 0 Å². The van der Waals surface area contributed by atoms with Gasteiger partial charge in [-0.15, -0.1) is 0 Å². The highest BCUT2D eigenvalue weighted by molar-refractivity contribution is 5.66. The molecule has 0 fully saturated rings. The Morgan fingerprint density at radius 3 is 2.95 bits per heavy atom. The van der Waals surface area contributed by atoms with Gasteiger partial charge in [0.1, 0.15) is 5.75 Å². The Morgan fingerprint density at radius 2 is 2.21 bits per heavy atom. The molecule has 1 heterocycles. The summed E-state index contributed by atoms with van der Waals surface area (Å²) in [6.45, 7) is 5.96. The lowest BCUT2D eigenvalue weighted by atomic mass is 10.1. The van der Waals surface area contributed by atoms with Crippen LogP contribution in [-0.2, 0) is 6.42 Å². The number of aromatic nitrogens is 1. The van der Waals surface area contributed by atoms with Crippen LogP contribution >= 0.6 is 0 Å². The van der Waals surface area contributed by atoms with Crippen molar-refractivity contribution in [2.45, 2.75) is 20.3 Å². The zero-order valence-corrected chi connectivity index (χ0v) is 11.7. The summed E-state index contributed by atoms with van der Waals surface area (Å²) in [5.41, 5.74) is 2.12. The van der Waals surface area contributed by atoms with Crippen LogP contribution in [0.1, 0.15) is 18.4 Å². The fraction of sp³-hybridized carbons (Fsp3) is 0.400. The van der Waals surface area contributed by atoms with Crippen LogP contribution in [0, 0.1) is 6.92 Å². The molecule has 0 atom stereocenters. The first-order valence-electron chi connectivity index (χ1n) is 6.55. The summed E-state index contributed by atoms with van der Waals surface area (Å²) in [7, 11) is 1.66. The van der Waals surface area contributed by atoms with Crippen LogP contribution in [0.3, 0.4) is 0 Å². The number of methoxy groups -OCH3 is 1. The molecule has 2 aromatic rings. The molecule has 0 radical (unpaired) electrons. The number of rotatable bonds is 6. The smallest absolute Gasteiger partial charge is 0.196 e. The average Bonchev–Trinajstić information content (AvgIpc) is 2.88. The van der Waals surface area contributed by atoms with Crippen molar-refractivity contribution in [2.75, 3.05) is 20.2 Å². The number of oxazole rings is 1. The third kappa shape index (κ3) is 3.35. The van der Waals surface area contributed by atoms with Crippen molar-refractivity contribution in [3.05, 3.63) is 35.9 Å². The molecule has 0 saturated carbocycles.